The summed E-state index contributed by atoms with van der Waals surface area (Å²) >= 11 is 1.62. The second-order valence-electron chi connectivity index (χ2n) is 3.97. The van der Waals surface area contributed by atoms with E-state index in [0.29, 0.717) is 11.7 Å². The maximum atomic E-state index is 7.90. The van der Waals surface area contributed by atoms with Crippen molar-refractivity contribution in [1.29, 1.82) is 10.8 Å². The van der Waals surface area contributed by atoms with Crippen molar-refractivity contribution in [3.8, 4) is 0 Å². The van der Waals surface area contributed by atoms with Gasteiger partial charge in [-0.1, -0.05) is 42.1 Å². The Morgan fingerprint density at radius 1 is 0.833 bits per heavy atom. The molecule has 1 aliphatic rings. The first-order valence-electron chi connectivity index (χ1n) is 5.56. The van der Waals surface area contributed by atoms with Gasteiger partial charge in [0.15, 0.2) is 0 Å². The smallest absolute Gasteiger partial charge is 0.132 e. The maximum Gasteiger partial charge on any atom is 0.132 e. The zero-order valence-electron chi connectivity index (χ0n) is 9.53. The first kappa shape index (κ1) is 11.0. The number of amidine groups is 2. The van der Waals surface area contributed by atoms with Gasteiger partial charge in [0.1, 0.15) is 11.7 Å². The van der Waals surface area contributed by atoms with Crippen molar-refractivity contribution in [2.24, 2.45) is 0 Å². The standard InChI is InChI=1S/C14H11N3S/c15-13-10-7-4-8-11(12(10)14(16)17-13)18-9-5-2-1-3-6-9/h1-8H,(H3,15,16,17). The van der Waals surface area contributed by atoms with E-state index in [-0.39, 0.29) is 0 Å². The number of benzene rings is 2. The zero-order valence-corrected chi connectivity index (χ0v) is 10.3. The van der Waals surface area contributed by atoms with Crippen LogP contribution < -0.4 is 5.32 Å². The second-order valence-corrected chi connectivity index (χ2v) is 5.08. The van der Waals surface area contributed by atoms with Crippen molar-refractivity contribution in [2.45, 2.75) is 9.79 Å². The maximum absolute atomic E-state index is 7.90. The molecule has 1 aliphatic heterocycles. The lowest BCUT2D eigenvalue weighted by atomic mass is 10.1. The number of nitrogens with one attached hydrogen (secondary N) is 3. The fourth-order valence-electron chi connectivity index (χ4n) is 1.95. The molecular formula is C14H11N3S. The van der Waals surface area contributed by atoms with Crippen LogP contribution in [0.15, 0.2) is 58.3 Å². The van der Waals surface area contributed by atoms with E-state index < -0.39 is 0 Å². The molecule has 0 bridgehead atoms. The highest BCUT2D eigenvalue weighted by molar-refractivity contribution is 7.99. The number of hydrogen-bond acceptors (Lipinski definition) is 3. The van der Waals surface area contributed by atoms with E-state index in [9.17, 15) is 0 Å². The van der Waals surface area contributed by atoms with Crippen LogP contribution in [-0.4, -0.2) is 11.7 Å². The molecule has 0 unspecified atom stereocenters. The van der Waals surface area contributed by atoms with Crippen molar-refractivity contribution >= 4 is 23.4 Å². The summed E-state index contributed by atoms with van der Waals surface area (Å²) in [6, 6.07) is 15.9. The summed E-state index contributed by atoms with van der Waals surface area (Å²) in [4.78, 5) is 2.15. The van der Waals surface area contributed by atoms with Gasteiger partial charge in [0.25, 0.3) is 0 Å². The van der Waals surface area contributed by atoms with Crippen molar-refractivity contribution in [3.63, 3.8) is 0 Å². The van der Waals surface area contributed by atoms with Crippen LogP contribution in [0, 0.1) is 10.8 Å². The van der Waals surface area contributed by atoms with Crippen molar-refractivity contribution in [1.82, 2.24) is 5.32 Å². The van der Waals surface area contributed by atoms with Crippen molar-refractivity contribution in [3.05, 3.63) is 59.7 Å². The Morgan fingerprint density at radius 2 is 1.61 bits per heavy atom. The summed E-state index contributed by atoms with van der Waals surface area (Å²) < 4.78 is 0. The summed E-state index contributed by atoms with van der Waals surface area (Å²) in [5.74, 6) is 0.625. The number of rotatable bonds is 2. The third-order valence-corrected chi connectivity index (χ3v) is 3.83. The van der Waals surface area contributed by atoms with Crippen LogP contribution in [0.1, 0.15) is 11.1 Å². The molecule has 0 amide bonds. The molecule has 18 heavy (non-hydrogen) atoms. The summed E-state index contributed by atoms with van der Waals surface area (Å²) in [5, 5.41) is 18.4. The van der Waals surface area contributed by atoms with Crippen LogP contribution in [0.5, 0.6) is 0 Å². The molecule has 0 radical (unpaired) electrons. The topological polar surface area (TPSA) is 59.7 Å². The highest BCUT2D eigenvalue weighted by atomic mass is 32.2. The fraction of sp³-hybridized carbons (Fsp3) is 0. The van der Waals surface area contributed by atoms with Gasteiger partial charge in [-0.25, -0.2) is 0 Å². The molecule has 3 rings (SSSR count). The minimum Gasteiger partial charge on any atom is -0.325 e. The molecule has 88 valence electrons. The van der Waals surface area contributed by atoms with Crippen LogP contribution >= 0.6 is 11.8 Å². The van der Waals surface area contributed by atoms with E-state index >= 15 is 0 Å². The zero-order chi connectivity index (χ0) is 12.5. The van der Waals surface area contributed by atoms with E-state index in [1.165, 1.54) is 0 Å². The third kappa shape index (κ3) is 1.80. The normalized spacial score (nSPS) is 13.3. The molecule has 1 heterocycles. The molecule has 4 heteroatoms. The van der Waals surface area contributed by atoms with Gasteiger partial charge in [0, 0.05) is 20.9 Å². The Kier molecular flexibility index (Phi) is 2.64. The molecule has 0 saturated heterocycles. The summed E-state index contributed by atoms with van der Waals surface area (Å²) in [5.41, 5.74) is 1.64. The average molecular weight is 253 g/mol. The number of fused-ring (bicyclic) bond motifs is 1. The Balaban J connectivity index is 2.05. The minimum atomic E-state index is 0.311. The van der Waals surface area contributed by atoms with Crippen LogP contribution in [0.4, 0.5) is 0 Å². The van der Waals surface area contributed by atoms with Gasteiger partial charge < -0.3 is 5.32 Å². The molecule has 0 aromatic heterocycles. The Morgan fingerprint density at radius 3 is 2.39 bits per heavy atom. The SMILES string of the molecule is N=C1NC(=N)c2c(Sc3ccccc3)cccc21. The van der Waals surface area contributed by atoms with Gasteiger partial charge >= 0.3 is 0 Å². The summed E-state index contributed by atoms with van der Waals surface area (Å²) in [6.07, 6.45) is 0. The molecule has 2 aromatic rings. The van der Waals surface area contributed by atoms with Crippen LogP contribution in [-0.2, 0) is 0 Å². The lowest BCUT2D eigenvalue weighted by Gasteiger charge is -2.06. The molecular weight excluding hydrogens is 242 g/mol. The largest absolute Gasteiger partial charge is 0.325 e. The molecule has 0 aliphatic carbocycles. The first-order valence-corrected chi connectivity index (χ1v) is 6.38. The van der Waals surface area contributed by atoms with E-state index in [1.807, 2.05) is 48.5 Å². The van der Waals surface area contributed by atoms with Crippen LogP contribution in [0.25, 0.3) is 0 Å². The van der Waals surface area contributed by atoms with Crippen LogP contribution in [0.2, 0.25) is 0 Å². The van der Waals surface area contributed by atoms with Gasteiger partial charge in [-0.2, -0.15) is 0 Å². The Labute approximate surface area is 109 Å². The Bertz CT molecular complexity index is 635. The minimum absolute atomic E-state index is 0.311. The molecule has 0 saturated carbocycles. The molecule has 0 fully saturated rings. The van der Waals surface area contributed by atoms with Gasteiger partial charge in [0.2, 0.25) is 0 Å². The third-order valence-electron chi connectivity index (χ3n) is 2.77. The first-order chi connectivity index (χ1) is 8.75. The van der Waals surface area contributed by atoms with Crippen molar-refractivity contribution in [2.75, 3.05) is 0 Å². The molecule has 0 spiro atoms. The summed E-state index contributed by atoms with van der Waals surface area (Å²) in [6.45, 7) is 0. The highest BCUT2D eigenvalue weighted by Gasteiger charge is 2.24. The van der Waals surface area contributed by atoms with Gasteiger partial charge in [-0.15, -0.1) is 0 Å². The second kappa shape index (κ2) is 4.31. The molecule has 0 atom stereocenters. The highest BCUT2D eigenvalue weighted by Crippen LogP contribution is 2.33. The fourth-order valence-corrected chi connectivity index (χ4v) is 2.96. The quantitative estimate of drug-likeness (QED) is 0.770. The van der Waals surface area contributed by atoms with Crippen LogP contribution in [0.3, 0.4) is 0 Å². The summed E-state index contributed by atoms with van der Waals surface area (Å²) in [7, 11) is 0. The average Bonchev–Trinajstić information content (AvgIpc) is 2.67. The Hall–Kier alpha value is -2.07. The molecule has 3 N–H and O–H groups in total. The van der Waals surface area contributed by atoms with E-state index in [0.717, 1.165) is 20.9 Å². The predicted octanol–water partition coefficient (Wildman–Crippen LogP) is 3.09. The van der Waals surface area contributed by atoms with E-state index in [1.54, 1.807) is 11.8 Å². The van der Waals surface area contributed by atoms with Gasteiger partial charge in [-0.3, -0.25) is 10.8 Å². The predicted molar refractivity (Wildman–Crippen MR) is 73.8 cm³/mol. The van der Waals surface area contributed by atoms with Gasteiger partial charge in [0.05, 0.1) is 0 Å². The molecule has 3 nitrogen and oxygen atoms in total. The van der Waals surface area contributed by atoms with Crippen molar-refractivity contribution < 1.29 is 0 Å². The molecule has 2 aromatic carbocycles. The van der Waals surface area contributed by atoms with E-state index in [2.05, 4.69) is 5.32 Å². The van der Waals surface area contributed by atoms with E-state index in [4.69, 9.17) is 10.8 Å². The lowest BCUT2D eigenvalue weighted by Crippen LogP contribution is -2.20. The lowest BCUT2D eigenvalue weighted by molar-refractivity contribution is 1.28. The van der Waals surface area contributed by atoms with Gasteiger partial charge in [-0.05, 0) is 18.2 Å². The monoisotopic (exact) mass is 253 g/mol. The number of hydrogen-bond donors (Lipinski definition) is 3.